The fourth-order valence-electron chi connectivity index (χ4n) is 0.810. The average molecular weight is 249 g/mol. The number of carbonyl (C=O) groups excluding carboxylic acids is 1. The van der Waals surface area contributed by atoms with Gasteiger partial charge in [-0.2, -0.15) is 0 Å². The molecule has 0 radical (unpaired) electrons. The summed E-state index contributed by atoms with van der Waals surface area (Å²) in [5.74, 6) is 0. The first-order valence-electron chi connectivity index (χ1n) is 3.21. The van der Waals surface area contributed by atoms with Gasteiger partial charge in [0.15, 0.2) is 6.29 Å². The van der Waals surface area contributed by atoms with Gasteiger partial charge in [-0.25, -0.2) is 4.39 Å². The molecular formula is C8H6BrFOS. The maximum Gasteiger partial charge on any atom is 0.160 e. The molecule has 0 unspecified atom stereocenters. The van der Waals surface area contributed by atoms with Crippen molar-refractivity contribution in [2.24, 2.45) is 0 Å². The van der Waals surface area contributed by atoms with E-state index in [4.69, 9.17) is 0 Å². The summed E-state index contributed by atoms with van der Waals surface area (Å²) >= 11 is 4.55. The molecule has 1 aromatic heterocycles. The zero-order valence-electron chi connectivity index (χ0n) is 6.30. The summed E-state index contributed by atoms with van der Waals surface area (Å²) in [6, 6.07) is 0. The second-order valence-electron chi connectivity index (χ2n) is 2.18. The van der Waals surface area contributed by atoms with Gasteiger partial charge in [0.25, 0.3) is 0 Å². The van der Waals surface area contributed by atoms with Crippen LogP contribution in [0, 0.1) is 6.92 Å². The molecule has 0 aliphatic heterocycles. The monoisotopic (exact) mass is 248 g/mol. The lowest BCUT2D eigenvalue weighted by Crippen LogP contribution is -1.74. The highest BCUT2D eigenvalue weighted by atomic mass is 79.9. The van der Waals surface area contributed by atoms with Crippen LogP contribution >= 0.6 is 27.3 Å². The number of hydrogen-bond acceptors (Lipinski definition) is 2. The highest BCUT2D eigenvalue weighted by Crippen LogP contribution is 2.32. The lowest BCUT2D eigenvalue weighted by atomic mass is 10.3. The average Bonchev–Trinajstić information content (AvgIpc) is 2.33. The van der Waals surface area contributed by atoms with Gasteiger partial charge in [0.1, 0.15) is 0 Å². The van der Waals surface area contributed by atoms with Crippen LogP contribution in [-0.4, -0.2) is 6.29 Å². The Morgan fingerprint density at radius 3 is 2.58 bits per heavy atom. The van der Waals surface area contributed by atoms with Gasteiger partial charge in [0.05, 0.1) is 11.2 Å². The molecule has 1 aromatic rings. The fraction of sp³-hybridized carbons (Fsp3) is 0.125. The molecule has 0 fully saturated rings. The van der Waals surface area contributed by atoms with Crippen LogP contribution in [0.25, 0.3) is 6.08 Å². The molecule has 0 amide bonds. The van der Waals surface area contributed by atoms with Crippen molar-refractivity contribution in [1.82, 2.24) is 0 Å². The molecule has 0 bridgehead atoms. The maximum absolute atomic E-state index is 11.8. The summed E-state index contributed by atoms with van der Waals surface area (Å²) in [7, 11) is 0. The van der Waals surface area contributed by atoms with Crippen molar-refractivity contribution in [3.05, 3.63) is 26.1 Å². The Hall–Kier alpha value is -0.480. The summed E-state index contributed by atoms with van der Waals surface area (Å²) in [4.78, 5) is 11.8. The van der Waals surface area contributed by atoms with Crippen LogP contribution in [0.1, 0.15) is 20.1 Å². The molecule has 0 aliphatic carbocycles. The molecule has 0 aliphatic rings. The lowest BCUT2D eigenvalue weighted by molar-refractivity contribution is 0.112. The van der Waals surface area contributed by atoms with Crippen molar-refractivity contribution < 1.29 is 9.18 Å². The van der Waals surface area contributed by atoms with E-state index >= 15 is 0 Å². The Balaban J connectivity index is 3.24. The number of aldehydes is 1. The third kappa shape index (κ3) is 1.64. The van der Waals surface area contributed by atoms with Crippen LogP contribution in [0.3, 0.4) is 0 Å². The Bertz CT molecular complexity index is 330. The zero-order chi connectivity index (χ0) is 9.14. The predicted molar refractivity (Wildman–Crippen MR) is 52.3 cm³/mol. The number of rotatable bonds is 2. The van der Waals surface area contributed by atoms with Crippen LogP contribution in [0.15, 0.2) is 10.8 Å². The predicted octanol–water partition coefficient (Wildman–Crippen LogP) is 3.57. The van der Waals surface area contributed by atoms with Crippen LogP contribution < -0.4 is 0 Å². The van der Waals surface area contributed by atoms with E-state index in [2.05, 4.69) is 15.9 Å². The fourth-order valence-corrected chi connectivity index (χ4v) is 2.43. The molecule has 4 heteroatoms. The van der Waals surface area contributed by atoms with E-state index in [0.717, 1.165) is 21.2 Å². The molecule has 0 saturated heterocycles. The van der Waals surface area contributed by atoms with Crippen molar-refractivity contribution in [3.8, 4) is 0 Å². The molecule has 0 atom stereocenters. The minimum atomic E-state index is 0.463. The van der Waals surface area contributed by atoms with Gasteiger partial charge in [0.2, 0.25) is 0 Å². The maximum atomic E-state index is 11.8. The first-order valence-corrected chi connectivity index (χ1v) is 4.82. The van der Waals surface area contributed by atoms with Crippen LogP contribution in [-0.2, 0) is 0 Å². The zero-order valence-corrected chi connectivity index (χ0v) is 8.71. The molecule has 1 heterocycles. The summed E-state index contributed by atoms with van der Waals surface area (Å²) in [5, 5.41) is 0. The Morgan fingerprint density at radius 1 is 1.50 bits per heavy atom. The molecular weight excluding hydrogens is 243 g/mol. The van der Waals surface area contributed by atoms with Gasteiger partial charge in [-0.1, -0.05) is 0 Å². The van der Waals surface area contributed by atoms with E-state index in [1.807, 2.05) is 6.92 Å². The molecule has 0 saturated carbocycles. The van der Waals surface area contributed by atoms with Gasteiger partial charge in [-0.15, -0.1) is 11.3 Å². The van der Waals surface area contributed by atoms with E-state index in [1.165, 1.54) is 17.4 Å². The number of halogens is 2. The Morgan fingerprint density at radius 2 is 2.17 bits per heavy atom. The molecule has 1 nitrogen and oxygen atoms in total. The Labute approximate surface area is 82.0 Å². The van der Waals surface area contributed by atoms with E-state index < -0.39 is 0 Å². The lowest BCUT2D eigenvalue weighted by Gasteiger charge is -1.87. The summed E-state index contributed by atoms with van der Waals surface area (Å²) in [5.41, 5.74) is 0.864. The van der Waals surface area contributed by atoms with Crippen LogP contribution in [0.4, 0.5) is 4.39 Å². The SMILES string of the molecule is Cc1c(C=O)sc(C=CF)c1Br. The molecule has 0 N–H and O–H groups in total. The quantitative estimate of drug-likeness (QED) is 0.732. The first-order chi connectivity index (χ1) is 5.70. The second-order valence-corrected chi connectivity index (χ2v) is 4.06. The number of thiophene rings is 1. The minimum absolute atomic E-state index is 0.463. The highest BCUT2D eigenvalue weighted by Gasteiger charge is 2.09. The van der Waals surface area contributed by atoms with Gasteiger partial charge >= 0.3 is 0 Å². The van der Waals surface area contributed by atoms with E-state index in [1.54, 1.807) is 0 Å². The van der Waals surface area contributed by atoms with Gasteiger partial charge in [-0.05, 0) is 34.5 Å². The third-order valence-corrected chi connectivity index (χ3v) is 3.92. The number of hydrogen-bond donors (Lipinski definition) is 0. The van der Waals surface area contributed by atoms with E-state index in [9.17, 15) is 9.18 Å². The molecule has 12 heavy (non-hydrogen) atoms. The Kier molecular flexibility index (Phi) is 3.17. The van der Waals surface area contributed by atoms with Crippen LogP contribution in [0.5, 0.6) is 0 Å². The molecule has 0 aromatic carbocycles. The van der Waals surface area contributed by atoms with Crippen molar-refractivity contribution in [2.75, 3.05) is 0 Å². The van der Waals surface area contributed by atoms with Crippen molar-refractivity contribution in [2.45, 2.75) is 6.92 Å². The van der Waals surface area contributed by atoms with Gasteiger partial charge in [-0.3, -0.25) is 4.79 Å². The van der Waals surface area contributed by atoms with Gasteiger partial charge < -0.3 is 0 Å². The molecule has 0 spiro atoms. The minimum Gasteiger partial charge on any atom is -0.297 e. The second kappa shape index (κ2) is 3.96. The summed E-state index contributed by atoms with van der Waals surface area (Å²) in [6.07, 6.45) is 2.57. The smallest absolute Gasteiger partial charge is 0.160 e. The highest BCUT2D eigenvalue weighted by molar-refractivity contribution is 9.10. The molecule has 1 rings (SSSR count). The number of carbonyl (C=O) groups is 1. The van der Waals surface area contributed by atoms with Gasteiger partial charge in [0, 0.05) is 9.35 Å². The van der Waals surface area contributed by atoms with Crippen LogP contribution in [0.2, 0.25) is 0 Å². The van der Waals surface area contributed by atoms with E-state index in [-0.39, 0.29) is 0 Å². The van der Waals surface area contributed by atoms with Crippen molar-refractivity contribution in [1.29, 1.82) is 0 Å². The molecule has 64 valence electrons. The normalized spacial score (nSPS) is 10.9. The standard InChI is InChI=1S/C8H6BrFOS/c1-5-7(4-11)12-6(2-3-10)8(5)9/h2-4H,1H3. The largest absolute Gasteiger partial charge is 0.297 e. The summed E-state index contributed by atoms with van der Waals surface area (Å²) < 4.78 is 12.6. The topological polar surface area (TPSA) is 17.1 Å². The first kappa shape index (κ1) is 9.61. The van der Waals surface area contributed by atoms with Crippen molar-refractivity contribution >= 4 is 39.6 Å². The summed E-state index contributed by atoms with van der Waals surface area (Å²) in [6.45, 7) is 1.82. The van der Waals surface area contributed by atoms with E-state index in [0.29, 0.717) is 11.2 Å². The van der Waals surface area contributed by atoms with Crippen molar-refractivity contribution in [3.63, 3.8) is 0 Å². The third-order valence-electron chi connectivity index (χ3n) is 1.46.